The van der Waals surface area contributed by atoms with Crippen LogP contribution in [0.4, 0.5) is 10.1 Å². The van der Waals surface area contributed by atoms with E-state index in [4.69, 9.17) is 0 Å². The standard InChI is InChI=1S/C22H27FN2O/c1-25(20-8-3-2-4-9-20)16-18-7-5-6-10-21(18)24-22(26)15-17-11-13-19(23)14-12-17/h5-7,10-14,20H,2-4,8-9,15-16H2,1H3,(H,24,26). The van der Waals surface area contributed by atoms with E-state index in [1.807, 2.05) is 18.2 Å². The second kappa shape index (κ2) is 8.95. The summed E-state index contributed by atoms with van der Waals surface area (Å²) in [6.07, 6.45) is 6.73. The molecule has 0 radical (unpaired) electrons. The zero-order chi connectivity index (χ0) is 18.4. The van der Waals surface area contributed by atoms with Crippen LogP contribution in [0.25, 0.3) is 0 Å². The molecular formula is C22H27FN2O. The van der Waals surface area contributed by atoms with Crippen molar-refractivity contribution in [1.29, 1.82) is 0 Å². The van der Waals surface area contributed by atoms with Crippen molar-refractivity contribution in [3.8, 4) is 0 Å². The molecule has 0 atom stereocenters. The number of para-hydroxylation sites is 1. The Labute approximate surface area is 155 Å². The number of benzene rings is 2. The summed E-state index contributed by atoms with van der Waals surface area (Å²) in [5.41, 5.74) is 2.80. The Bertz CT molecular complexity index is 723. The van der Waals surface area contributed by atoms with Gasteiger partial charge in [0.05, 0.1) is 6.42 Å². The molecule has 0 spiro atoms. The minimum Gasteiger partial charge on any atom is -0.325 e. The first-order chi connectivity index (χ1) is 12.6. The van der Waals surface area contributed by atoms with Crippen molar-refractivity contribution in [3.63, 3.8) is 0 Å². The lowest BCUT2D eigenvalue weighted by atomic mass is 9.94. The number of carbonyl (C=O) groups is 1. The number of rotatable bonds is 6. The summed E-state index contributed by atoms with van der Waals surface area (Å²) in [5, 5.41) is 3.02. The fourth-order valence-corrected chi connectivity index (χ4v) is 3.68. The molecule has 0 bridgehead atoms. The third-order valence-corrected chi connectivity index (χ3v) is 5.19. The Balaban J connectivity index is 1.62. The molecule has 2 aromatic carbocycles. The molecule has 0 aromatic heterocycles. The van der Waals surface area contributed by atoms with Crippen LogP contribution >= 0.6 is 0 Å². The van der Waals surface area contributed by atoms with Crippen LogP contribution < -0.4 is 5.32 Å². The molecule has 1 amide bonds. The maximum absolute atomic E-state index is 13.0. The average molecular weight is 354 g/mol. The van der Waals surface area contributed by atoms with Gasteiger partial charge in [-0.3, -0.25) is 9.69 Å². The minimum absolute atomic E-state index is 0.0793. The molecule has 0 saturated heterocycles. The summed E-state index contributed by atoms with van der Waals surface area (Å²) in [5.74, 6) is -0.366. The molecule has 0 heterocycles. The number of halogens is 1. The lowest BCUT2D eigenvalue weighted by Crippen LogP contribution is -2.33. The summed E-state index contributed by atoms with van der Waals surface area (Å²) < 4.78 is 13.0. The van der Waals surface area contributed by atoms with E-state index < -0.39 is 0 Å². The van der Waals surface area contributed by atoms with Crippen LogP contribution in [0, 0.1) is 5.82 Å². The van der Waals surface area contributed by atoms with Crippen molar-refractivity contribution < 1.29 is 9.18 Å². The van der Waals surface area contributed by atoms with Crippen LogP contribution in [0.15, 0.2) is 48.5 Å². The number of anilines is 1. The van der Waals surface area contributed by atoms with Crippen molar-refractivity contribution in [2.24, 2.45) is 0 Å². The number of hydrogen-bond donors (Lipinski definition) is 1. The van der Waals surface area contributed by atoms with Gasteiger partial charge in [0.1, 0.15) is 5.82 Å². The summed E-state index contributed by atoms with van der Waals surface area (Å²) in [6, 6.07) is 14.7. The molecule has 4 heteroatoms. The van der Waals surface area contributed by atoms with E-state index in [9.17, 15) is 9.18 Å². The zero-order valence-corrected chi connectivity index (χ0v) is 15.4. The van der Waals surface area contributed by atoms with E-state index in [-0.39, 0.29) is 18.1 Å². The Hall–Kier alpha value is -2.20. The third-order valence-electron chi connectivity index (χ3n) is 5.19. The summed E-state index contributed by atoms with van der Waals surface area (Å²) in [7, 11) is 2.17. The van der Waals surface area contributed by atoms with E-state index in [2.05, 4.69) is 23.3 Å². The Morgan fingerprint density at radius 3 is 2.50 bits per heavy atom. The van der Waals surface area contributed by atoms with Crippen molar-refractivity contribution in [2.75, 3.05) is 12.4 Å². The largest absolute Gasteiger partial charge is 0.325 e. The van der Waals surface area contributed by atoms with Gasteiger partial charge in [-0.1, -0.05) is 49.6 Å². The Kier molecular flexibility index (Phi) is 6.40. The van der Waals surface area contributed by atoms with Gasteiger partial charge in [0, 0.05) is 18.3 Å². The molecule has 138 valence electrons. The summed E-state index contributed by atoms with van der Waals surface area (Å²) in [4.78, 5) is 14.8. The van der Waals surface area contributed by atoms with Crippen molar-refractivity contribution >= 4 is 11.6 Å². The smallest absolute Gasteiger partial charge is 0.228 e. The highest BCUT2D eigenvalue weighted by Gasteiger charge is 2.19. The first-order valence-corrected chi connectivity index (χ1v) is 9.44. The van der Waals surface area contributed by atoms with Gasteiger partial charge in [0.15, 0.2) is 0 Å². The zero-order valence-electron chi connectivity index (χ0n) is 15.4. The fraction of sp³-hybridized carbons (Fsp3) is 0.409. The predicted molar refractivity (Wildman–Crippen MR) is 104 cm³/mol. The topological polar surface area (TPSA) is 32.3 Å². The van der Waals surface area contributed by atoms with Crippen molar-refractivity contribution in [2.45, 2.75) is 51.1 Å². The normalized spacial score (nSPS) is 15.2. The van der Waals surface area contributed by atoms with Gasteiger partial charge in [0.25, 0.3) is 0 Å². The monoisotopic (exact) mass is 354 g/mol. The predicted octanol–water partition coefficient (Wildman–Crippen LogP) is 4.77. The molecule has 0 aliphatic heterocycles. The Morgan fingerprint density at radius 1 is 1.08 bits per heavy atom. The highest BCUT2D eigenvalue weighted by atomic mass is 19.1. The molecule has 1 aliphatic rings. The number of carbonyl (C=O) groups excluding carboxylic acids is 1. The van der Waals surface area contributed by atoms with Gasteiger partial charge in [-0.15, -0.1) is 0 Å². The summed E-state index contributed by atoms with van der Waals surface area (Å²) >= 11 is 0. The molecule has 0 unspecified atom stereocenters. The van der Waals surface area contributed by atoms with Crippen LogP contribution in [-0.4, -0.2) is 23.9 Å². The first kappa shape index (κ1) is 18.6. The first-order valence-electron chi connectivity index (χ1n) is 9.44. The van der Waals surface area contributed by atoms with Crippen molar-refractivity contribution in [1.82, 2.24) is 4.90 Å². The van der Waals surface area contributed by atoms with Gasteiger partial charge in [-0.25, -0.2) is 4.39 Å². The second-order valence-electron chi connectivity index (χ2n) is 7.22. The number of nitrogens with zero attached hydrogens (tertiary/aromatic N) is 1. The maximum Gasteiger partial charge on any atom is 0.228 e. The lowest BCUT2D eigenvalue weighted by Gasteiger charge is -2.31. The number of hydrogen-bond acceptors (Lipinski definition) is 2. The molecule has 1 N–H and O–H groups in total. The molecule has 3 rings (SSSR count). The fourth-order valence-electron chi connectivity index (χ4n) is 3.68. The van der Waals surface area contributed by atoms with Gasteiger partial charge in [-0.05, 0) is 49.2 Å². The molecule has 3 nitrogen and oxygen atoms in total. The lowest BCUT2D eigenvalue weighted by molar-refractivity contribution is -0.115. The molecule has 1 saturated carbocycles. The highest BCUT2D eigenvalue weighted by molar-refractivity contribution is 5.92. The molecule has 2 aromatic rings. The molecular weight excluding hydrogens is 327 g/mol. The van der Waals surface area contributed by atoms with Crippen LogP contribution in [0.1, 0.15) is 43.2 Å². The van der Waals surface area contributed by atoms with E-state index in [0.717, 1.165) is 23.4 Å². The molecule has 26 heavy (non-hydrogen) atoms. The maximum atomic E-state index is 13.0. The van der Waals surface area contributed by atoms with E-state index in [1.54, 1.807) is 12.1 Å². The molecule has 1 fully saturated rings. The second-order valence-corrected chi connectivity index (χ2v) is 7.22. The quantitative estimate of drug-likeness (QED) is 0.810. The minimum atomic E-state index is -0.287. The van der Waals surface area contributed by atoms with Crippen LogP contribution in [0.2, 0.25) is 0 Å². The van der Waals surface area contributed by atoms with Crippen molar-refractivity contribution in [3.05, 3.63) is 65.5 Å². The van der Waals surface area contributed by atoms with Crippen LogP contribution in [0.5, 0.6) is 0 Å². The average Bonchev–Trinajstić information content (AvgIpc) is 2.66. The molecule has 1 aliphatic carbocycles. The van der Waals surface area contributed by atoms with Gasteiger partial charge >= 0.3 is 0 Å². The SMILES string of the molecule is CN(Cc1ccccc1NC(=O)Cc1ccc(F)cc1)C1CCCCC1. The van der Waals surface area contributed by atoms with Gasteiger partial charge < -0.3 is 5.32 Å². The van der Waals surface area contributed by atoms with Crippen LogP contribution in [-0.2, 0) is 17.8 Å². The number of nitrogens with one attached hydrogen (secondary N) is 1. The van der Waals surface area contributed by atoms with Crippen LogP contribution in [0.3, 0.4) is 0 Å². The van der Waals surface area contributed by atoms with E-state index in [0.29, 0.717) is 6.04 Å². The van der Waals surface area contributed by atoms with E-state index in [1.165, 1.54) is 44.2 Å². The third kappa shape index (κ3) is 5.15. The highest BCUT2D eigenvalue weighted by Crippen LogP contribution is 2.25. The van der Waals surface area contributed by atoms with Gasteiger partial charge in [-0.2, -0.15) is 0 Å². The number of amides is 1. The Morgan fingerprint density at radius 2 is 1.77 bits per heavy atom. The van der Waals surface area contributed by atoms with E-state index >= 15 is 0 Å². The van der Waals surface area contributed by atoms with Gasteiger partial charge in [0.2, 0.25) is 5.91 Å². The summed E-state index contributed by atoms with van der Waals surface area (Å²) in [6.45, 7) is 0.831.